The number of anilines is 9. The van der Waals surface area contributed by atoms with Crippen LogP contribution in [-0.2, 0) is 9.31 Å². The zero-order valence-electron chi connectivity index (χ0n) is 74.3. The van der Waals surface area contributed by atoms with Crippen molar-refractivity contribution in [1.29, 1.82) is 0 Å². The average Bonchev–Trinajstić information content (AvgIpc) is 1.16. The predicted octanol–water partition coefficient (Wildman–Crippen LogP) is 33.6. The Morgan fingerprint density at radius 1 is 0.250 bits per heavy atom. The summed E-state index contributed by atoms with van der Waals surface area (Å²) >= 11 is 7.40. The molecule has 19 aromatic rings. The first-order valence-electron chi connectivity index (χ1n) is 43.7. The van der Waals surface area contributed by atoms with Gasteiger partial charge in [0.1, 0.15) is 0 Å². The third-order valence-electron chi connectivity index (χ3n) is 25.3. The molecule has 0 atom stereocenters. The molecule has 0 N–H and O–H groups in total. The Hall–Kier alpha value is -13.3. The molecule has 2 aromatic heterocycles. The fraction of sp³-hybridized carbons (Fsp3) is 0.136. The molecular formula is C118H106BBr2N5O2. The molecule has 0 unspecified atom stereocenters. The predicted molar refractivity (Wildman–Crippen MR) is 554 cm³/mol. The first kappa shape index (κ1) is 86.8. The molecule has 0 amide bonds. The molecule has 0 aliphatic carbocycles. The summed E-state index contributed by atoms with van der Waals surface area (Å²) in [4.78, 5) is 7.02. The van der Waals surface area contributed by atoms with Crippen molar-refractivity contribution in [3.05, 3.63) is 441 Å². The van der Waals surface area contributed by atoms with Gasteiger partial charge in [0.2, 0.25) is 0 Å². The minimum atomic E-state index is -0.355. The van der Waals surface area contributed by atoms with E-state index in [2.05, 4.69) is 522 Å². The van der Waals surface area contributed by atoms with Crippen LogP contribution in [-0.4, -0.2) is 27.5 Å². The van der Waals surface area contributed by atoms with E-state index in [4.69, 9.17) is 9.31 Å². The van der Waals surface area contributed by atoms with Gasteiger partial charge in [-0.2, -0.15) is 0 Å². The molecule has 1 aliphatic heterocycles. The lowest BCUT2D eigenvalue weighted by Crippen LogP contribution is -2.41. The zero-order chi connectivity index (χ0) is 87.9. The van der Waals surface area contributed by atoms with Gasteiger partial charge in [-0.05, 0) is 321 Å². The van der Waals surface area contributed by atoms with Crippen molar-refractivity contribution in [3.8, 4) is 55.9 Å². The summed E-state index contributed by atoms with van der Waals surface area (Å²) in [6.45, 7) is 27.8. The van der Waals surface area contributed by atoms with Gasteiger partial charge < -0.3 is 33.1 Å². The molecule has 1 aliphatic rings. The maximum absolute atomic E-state index is 6.29. The summed E-state index contributed by atoms with van der Waals surface area (Å²) in [5.41, 5.74) is 38.1. The summed E-state index contributed by atoms with van der Waals surface area (Å²) in [5, 5.41) is 5.06. The van der Waals surface area contributed by atoms with Crippen molar-refractivity contribution >= 4 is 139 Å². The number of fused-ring (bicyclic) bond motifs is 6. The van der Waals surface area contributed by atoms with Crippen molar-refractivity contribution in [3.63, 3.8) is 0 Å². The number of hydrogen-bond donors (Lipinski definition) is 0. The fourth-order valence-corrected chi connectivity index (χ4v) is 19.3. The first-order chi connectivity index (χ1) is 61.5. The smallest absolute Gasteiger partial charge is 0.399 e. The number of rotatable bonds is 16. The van der Waals surface area contributed by atoms with Crippen molar-refractivity contribution in [2.75, 3.05) is 14.7 Å². The average molecular weight is 1800 g/mol. The SMILES string of the molecule is Brc1cccc(Br)c1-c1cccc(-n2c3ccccc3c3ccccc32)c1.C.Cc1ccc(N(c2ccc(C)cc2)c2ccc(-c3cccc(-c4ccc(N(c5ccc(C)cc5)c5ccc(C)cc5)cc4C)c3-c3cccc(-n4c5ccccc5c5ccccc54)c3)c(C)c2)cc1.Cc1ccc(N(c2ccc(C)cc2)c2ccc(B3OC(C)(C)C(C)(C)O3)c(C)c2)cc1. The summed E-state index contributed by atoms with van der Waals surface area (Å²) in [6.07, 6.45) is 0. The van der Waals surface area contributed by atoms with Gasteiger partial charge in [0.15, 0.2) is 0 Å². The lowest BCUT2D eigenvalue weighted by Gasteiger charge is -2.32. The highest BCUT2D eigenvalue weighted by molar-refractivity contribution is 9.11. The topological polar surface area (TPSA) is 38.0 Å². The van der Waals surface area contributed by atoms with E-state index in [1.165, 1.54) is 127 Å². The molecule has 0 radical (unpaired) electrons. The molecule has 128 heavy (non-hydrogen) atoms. The molecule has 7 nitrogen and oxygen atoms in total. The normalized spacial score (nSPS) is 12.6. The Labute approximate surface area is 772 Å². The van der Waals surface area contributed by atoms with Crippen LogP contribution in [0.5, 0.6) is 0 Å². The zero-order valence-corrected chi connectivity index (χ0v) is 77.4. The first-order valence-corrected chi connectivity index (χ1v) is 45.3. The Kier molecular flexibility index (Phi) is 24.8. The second-order valence-corrected chi connectivity index (χ2v) is 36.5. The molecule has 17 aromatic carbocycles. The molecule has 1 fully saturated rings. The number of para-hydroxylation sites is 4. The maximum atomic E-state index is 6.29. The van der Waals surface area contributed by atoms with Crippen LogP contribution >= 0.6 is 31.9 Å². The van der Waals surface area contributed by atoms with E-state index in [1.54, 1.807) is 0 Å². The molecule has 3 heterocycles. The highest BCUT2D eigenvalue weighted by Crippen LogP contribution is 2.49. The van der Waals surface area contributed by atoms with E-state index >= 15 is 0 Å². The number of aryl methyl sites for hydroxylation is 9. The molecular weight excluding hydrogens is 1690 g/mol. The summed E-state index contributed by atoms with van der Waals surface area (Å²) in [5.74, 6) is 0. The highest BCUT2D eigenvalue weighted by atomic mass is 79.9. The Morgan fingerprint density at radius 3 is 0.820 bits per heavy atom. The van der Waals surface area contributed by atoms with Gasteiger partial charge >= 0.3 is 7.12 Å². The lowest BCUT2D eigenvalue weighted by molar-refractivity contribution is 0.00578. The second kappa shape index (κ2) is 36.6. The molecule has 1 saturated heterocycles. The van der Waals surface area contributed by atoms with Crippen LogP contribution in [0.4, 0.5) is 51.2 Å². The van der Waals surface area contributed by atoms with Gasteiger partial charge in [-0.25, -0.2) is 0 Å². The number of aromatic nitrogens is 2. The van der Waals surface area contributed by atoms with Gasteiger partial charge in [-0.15, -0.1) is 0 Å². The summed E-state index contributed by atoms with van der Waals surface area (Å²) < 4.78 is 19.5. The van der Waals surface area contributed by atoms with Gasteiger partial charge in [0.05, 0.1) is 33.3 Å². The molecule has 20 rings (SSSR count). The Bertz CT molecular complexity index is 6830. The van der Waals surface area contributed by atoms with Gasteiger partial charge in [-0.1, -0.05) is 285 Å². The summed E-state index contributed by atoms with van der Waals surface area (Å²) in [7, 11) is -0.355. The van der Waals surface area contributed by atoms with Crippen LogP contribution in [0, 0.1) is 62.3 Å². The van der Waals surface area contributed by atoms with Crippen molar-refractivity contribution in [2.24, 2.45) is 0 Å². The van der Waals surface area contributed by atoms with Gasteiger partial charge in [-0.3, -0.25) is 0 Å². The minimum Gasteiger partial charge on any atom is -0.399 e. The van der Waals surface area contributed by atoms with E-state index < -0.39 is 0 Å². The van der Waals surface area contributed by atoms with Crippen LogP contribution in [0.3, 0.4) is 0 Å². The molecule has 0 saturated carbocycles. The van der Waals surface area contributed by atoms with Crippen molar-refractivity contribution < 1.29 is 9.31 Å². The van der Waals surface area contributed by atoms with Crippen molar-refractivity contribution in [1.82, 2.24) is 9.13 Å². The quantitative estimate of drug-likeness (QED) is 0.0902. The van der Waals surface area contributed by atoms with Crippen LogP contribution < -0.4 is 20.2 Å². The van der Waals surface area contributed by atoms with Crippen LogP contribution in [0.25, 0.3) is 99.5 Å². The third kappa shape index (κ3) is 17.3. The Balaban J connectivity index is 0.000000160. The second-order valence-electron chi connectivity index (χ2n) is 34.8. The molecule has 0 spiro atoms. The standard InChI is InChI=1S/C66H55N3.C27H32BNO2.C24H15Br2N.CH4/c1-44-21-29-51(30-22-44)67(52-31-23-45(2)24-32-52)56-37-39-58(48(5)41-56)62-17-12-18-63(59-40-38-57(42-49(59)6)68(53-33-25-46(3)26-34-53)54-35-27-47(4)28-36-54)66(62)50-13-11-14-55(43-50)69-64-19-9-7-15-60(64)61-16-8-10-20-65(61)69;1-19-8-12-22(13-9-19)29(23-14-10-20(2)11-15-23)24-16-17-25(21(3)18-24)28-30-26(4,5)27(6,7)31-28;25-20-11-6-12-21(26)24(20)16-7-5-8-17(15-16)27-22-13-3-1-9-18(22)19-10-2-4-14-23(19)27;/h7-43H,1-6H3;8-18H,1-7H3;1-15H;1H4. The largest absolute Gasteiger partial charge is 0.495 e. The number of benzene rings is 17. The number of nitrogens with zero attached hydrogens (tertiary/aromatic N) is 5. The van der Waals surface area contributed by atoms with E-state index in [0.717, 1.165) is 88.1 Å². The monoisotopic (exact) mass is 1790 g/mol. The molecule has 0 bridgehead atoms. The summed E-state index contributed by atoms with van der Waals surface area (Å²) in [6, 6.07) is 139. The third-order valence-corrected chi connectivity index (χ3v) is 26.6. The maximum Gasteiger partial charge on any atom is 0.495 e. The van der Waals surface area contributed by atoms with E-state index in [1.807, 2.05) is 6.07 Å². The van der Waals surface area contributed by atoms with Gasteiger partial charge in [0, 0.05) is 98.6 Å². The number of halogens is 2. The number of hydrogen-bond acceptors (Lipinski definition) is 5. The lowest BCUT2D eigenvalue weighted by atomic mass is 9.76. The van der Waals surface area contributed by atoms with Crippen LogP contribution in [0.15, 0.2) is 391 Å². The molecule has 10 heteroatoms. The van der Waals surface area contributed by atoms with E-state index in [0.29, 0.717) is 0 Å². The van der Waals surface area contributed by atoms with Crippen LogP contribution in [0.2, 0.25) is 0 Å². The van der Waals surface area contributed by atoms with Crippen molar-refractivity contribution in [2.45, 2.75) is 109 Å². The highest BCUT2D eigenvalue weighted by Gasteiger charge is 2.52. The van der Waals surface area contributed by atoms with E-state index in [-0.39, 0.29) is 25.7 Å². The molecule has 632 valence electrons. The van der Waals surface area contributed by atoms with Gasteiger partial charge in [0.25, 0.3) is 0 Å². The minimum absolute atomic E-state index is 0. The van der Waals surface area contributed by atoms with Crippen LogP contribution in [0.1, 0.15) is 85.2 Å². The van der Waals surface area contributed by atoms with E-state index in [9.17, 15) is 0 Å². The Morgan fingerprint density at radius 2 is 0.516 bits per heavy atom. The fourth-order valence-electron chi connectivity index (χ4n) is 17.8.